The van der Waals surface area contributed by atoms with Crippen molar-refractivity contribution in [2.75, 3.05) is 32.1 Å². The van der Waals surface area contributed by atoms with Gasteiger partial charge >= 0.3 is 0 Å². The van der Waals surface area contributed by atoms with E-state index in [1.807, 2.05) is 6.07 Å². The van der Waals surface area contributed by atoms with Crippen LogP contribution < -0.4 is 15.4 Å². The van der Waals surface area contributed by atoms with Crippen LogP contribution >= 0.6 is 0 Å². The molecule has 0 spiro atoms. The van der Waals surface area contributed by atoms with Crippen molar-refractivity contribution in [2.45, 2.75) is 17.7 Å². The van der Waals surface area contributed by atoms with Crippen LogP contribution in [0.4, 0.5) is 5.69 Å². The number of anilines is 1. The van der Waals surface area contributed by atoms with E-state index in [0.717, 1.165) is 0 Å². The summed E-state index contributed by atoms with van der Waals surface area (Å²) in [5, 5.41) is 5.35. The van der Waals surface area contributed by atoms with E-state index in [-0.39, 0.29) is 36.2 Å². The van der Waals surface area contributed by atoms with Gasteiger partial charge in [0.05, 0.1) is 4.90 Å². The van der Waals surface area contributed by atoms with Crippen molar-refractivity contribution in [3.8, 4) is 0 Å². The zero-order valence-corrected chi connectivity index (χ0v) is 17.0. The van der Waals surface area contributed by atoms with Gasteiger partial charge in [-0.1, -0.05) is 18.2 Å². The molecule has 2 rings (SSSR count). The maximum absolute atomic E-state index is 12.2. The van der Waals surface area contributed by atoms with Crippen molar-refractivity contribution in [3.63, 3.8) is 0 Å². The topological polar surface area (TPSA) is 114 Å². The van der Waals surface area contributed by atoms with Gasteiger partial charge < -0.3 is 15.4 Å². The molecular formula is C20H25N3O5S. The van der Waals surface area contributed by atoms with Crippen LogP contribution in [0.15, 0.2) is 59.5 Å². The first kappa shape index (κ1) is 22.5. The third-order valence-corrected chi connectivity index (χ3v) is 5.42. The van der Waals surface area contributed by atoms with Gasteiger partial charge in [0.15, 0.2) is 0 Å². The first-order valence-electron chi connectivity index (χ1n) is 9.14. The molecule has 0 aliphatic heterocycles. The van der Waals surface area contributed by atoms with Gasteiger partial charge in [-0.2, -0.15) is 0 Å². The number of rotatable bonds is 11. The first-order valence-corrected chi connectivity index (χ1v) is 10.6. The van der Waals surface area contributed by atoms with Gasteiger partial charge in [-0.05, 0) is 42.8 Å². The van der Waals surface area contributed by atoms with E-state index in [4.69, 9.17) is 4.74 Å². The summed E-state index contributed by atoms with van der Waals surface area (Å²) in [6.07, 6.45) is 0.671. The van der Waals surface area contributed by atoms with Gasteiger partial charge in [0.25, 0.3) is 5.91 Å². The van der Waals surface area contributed by atoms with E-state index in [0.29, 0.717) is 24.3 Å². The molecule has 0 aliphatic carbocycles. The average Bonchev–Trinajstić information content (AvgIpc) is 2.72. The second-order valence-corrected chi connectivity index (χ2v) is 7.96. The van der Waals surface area contributed by atoms with Crippen LogP contribution in [-0.2, 0) is 19.6 Å². The summed E-state index contributed by atoms with van der Waals surface area (Å²) >= 11 is 0. The number of methoxy groups -OCH3 is 1. The summed E-state index contributed by atoms with van der Waals surface area (Å²) in [6.45, 7) is 0.945. The van der Waals surface area contributed by atoms with Crippen LogP contribution in [0.3, 0.4) is 0 Å². The van der Waals surface area contributed by atoms with Crippen LogP contribution in [0.2, 0.25) is 0 Å². The molecule has 9 heteroatoms. The predicted octanol–water partition coefficient (Wildman–Crippen LogP) is 1.76. The highest BCUT2D eigenvalue weighted by Crippen LogP contribution is 2.14. The highest BCUT2D eigenvalue weighted by atomic mass is 32.2. The van der Waals surface area contributed by atoms with Crippen molar-refractivity contribution in [3.05, 3.63) is 60.2 Å². The minimum Gasteiger partial charge on any atom is -0.385 e. The SMILES string of the molecule is COCCCNS(=O)(=O)c1ccc(NC(=O)CCNC(=O)c2ccccc2)cc1. The fourth-order valence-electron chi connectivity index (χ4n) is 2.43. The van der Waals surface area contributed by atoms with Crippen molar-refractivity contribution >= 4 is 27.5 Å². The Morgan fingerprint density at radius 3 is 2.31 bits per heavy atom. The lowest BCUT2D eigenvalue weighted by molar-refractivity contribution is -0.116. The highest BCUT2D eigenvalue weighted by Gasteiger charge is 2.13. The van der Waals surface area contributed by atoms with Gasteiger partial charge in [0, 0.05) is 44.5 Å². The maximum atomic E-state index is 12.2. The Bertz CT molecular complexity index is 899. The van der Waals surface area contributed by atoms with Crippen LogP contribution in [0.1, 0.15) is 23.2 Å². The van der Waals surface area contributed by atoms with Gasteiger partial charge in [0.2, 0.25) is 15.9 Å². The molecule has 3 N–H and O–H groups in total. The number of sulfonamides is 1. The van der Waals surface area contributed by atoms with Crippen molar-refractivity contribution in [2.24, 2.45) is 0 Å². The molecule has 2 amide bonds. The fourth-order valence-corrected chi connectivity index (χ4v) is 3.50. The van der Waals surface area contributed by atoms with Gasteiger partial charge in [0.1, 0.15) is 0 Å². The van der Waals surface area contributed by atoms with Crippen molar-refractivity contribution < 1.29 is 22.7 Å². The van der Waals surface area contributed by atoms with E-state index in [1.165, 1.54) is 24.3 Å². The van der Waals surface area contributed by atoms with Gasteiger partial charge in [-0.25, -0.2) is 13.1 Å². The summed E-state index contributed by atoms with van der Waals surface area (Å²) in [5.41, 5.74) is 1.00. The Hall–Kier alpha value is -2.75. The van der Waals surface area contributed by atoms with Gasteiger partial charge in [-0.3, -0.25) is 9.59 Å². The quantitative estimate of drug-likeness (QED) is 0.480. The molecule has 0 radical (unpaired) electrons. The Morgan fingerprint density at radius 1 is 0.966 bits per heavy atom. The van der Waals surface area contributed by atoms with E-state index in [9.17, 15) is 18.0 Å². The molecule has 0 bridgehead atoms. The Kier molecular flexibility index (Phi) is 8.78. The molecule has 29 heavy (non-hydrogen) atoms. The molecule has 0 aliphatic rings. The molecule has 8 nitrogen and oxygen atoms in total. The average molecular weight is 420 g/mol. The predicted molar refractivity (Wildman–Crippen MR) is 110 cm³/mol. The number of nitrogens with one attached hydrogen (secondary N) is 3. The normalized spacial score (nSPS) is 11.1. The molecule has 0 saturated heterocycles. The third-order valence-electron chi connectivity index (χ3n) is 3.94. The van der Waals surface area contributed by atoms with Crippen LogP contribution in [0.5, 0.6) is 0 Å². The van der Waals surface area contributed by atoms with E-state index >= 15 is 0 Å². The highest BCUT2D eigenvalue weighted by molar-refractivity contribution is 7.89. The number of ether oxygens (including phenoxy) is 1. The molecular weight excluding hydrogens is 394 g/mol. The molecule has 0 heterocycles. The molecule has 0 saturated carbocycles. The molecule has 2 aromatic rings. The van der Waals surface area contributed by atoms with E-state index in [2.05, 4.69) is 15.4 Å². The molecule has 156 valence electrons. The Labute approximate surface area is 170 Å². The maximum Gasteiger partial charge on any atom is 0.251 e. The Morgan fingerprint density at radius 2 is 1.66 bits per heavy atom. The first-order chi connectivity index (χ1) is 13.9. The third kappa shape index (κ3) is 7.65. The Balaban J connectivity index is 1.78. The number of benzene rings is 2. The minimum atomic E-state index is -3.60. The van der Waals surface area contributed by atoms with Crippen LogP contribution in [0.25, 0.3) is 0 Å². The molecule has 0 aromatic heterocycles. The number of hydrogen-bond acceptors (Lipinski definition) is 5. The summed E-state index contributed by atoms with van der Waals surface area (Å²) in [6, 6.07) is 14.6. The standard InChI is InChI=1S/C20H25N3O5S/c1-28-15-5-13-22-29(26,27)18-10-8-17(9-11-18)23-19(24)12-14-21-20(25)16-6-3-2-4-7-16/h2-4,6-11,22H,5,12-15H2,1H3,(H,21,25)(H,23,24). The lowest BCUT2D eigenvalue weighted by atomic mass is 10.2. The number of amides is 2. The van der Waals surface area contributed by atoms with E-state index < -0.39 is 10.0 Å². The lowest BCUT2D eigenvalue weighted by Crippen LogP contribution is -2.27. The second-order valence-electron chi connectivity index (χ2n) is 6.19. The minimum absolute atomic E-state index is 0.0969. The smallest absolute Gasteiger partial charge is 0.251 e. The summed E-state index contributed by atoms with van der Waals surface area (Å²) in [7, 11) is -2.05. The molecule has 2 aromatic carbocycles. The largest absolute Gasteiger partial charge is 0.385 e. The van der Waals surface area contributed by atoms with E-state index in [1.54, 1.807) is 31.4 Å². The zero-order valence-electron chi connectivity index (χ0n) is 16.2. The molecule has 0 atom stereocenters. The van der Waals surface area contributed by atoms with Gasteiger partial charge in [-0.15, -0.1) is 0 Å². The number of carbonyl (C=O) groups excluding carboxylic acids is 2. The summed E-state index contributed by atoms with van der Waals surface area (Å²) in [4.78, 5) is 24.0. The van der Waals surface area contributed by atoms with Crippen molar-refractivity contribution in [1.29, 1.82) is 0 Å². The van der Waals surface area contributed by atoms with Crippen molar-refractivity contribution in [1.82, 2.24) is 10.0 Å². The fraction of sp³-hybridized carbons (Fsp3) is 0.300. The second kappa shape index (κ2) is 11.3. The number of hydrogen-bond donors (Lipinski definition) is 3. The monoisotopic (exact) mass is 419 g/mol. The summed E-state index contributed by atoms with van der Waals surface area (Å²) < 4.78 is 31.7. The lowest BCUT2D eigenvalue weighted by Gasteiger charge is -2.09. The zero-order chi connectivity index (χ0) is 21.1. The number of carbonyl (C=O) groups is 2. The van der Waals surface area contributed by atoms with Crippen LogP contribution in [0, 0.1) is 0 Å². The molecule has 0 fully saturated rings. The molecule has 0 unspecified atom stereocenters. The summed E-state index contributed by atoms with van der Waals surface area (Å²) in [5.74, 6) is -0.530. The van der Waals surface area contributed by atoms with Crippen LogP contribution in [-0.4, -0.2) is 47.0 Å².